The van der Waals surface area contributed by atoms with Gasteiger partial charge in [-0.3, -0.25) is 4.79 Å². The summed E-state index contributed by atoms with van der Waals surface area (Å²) in [6.45, 7) is 6.51. The lowest BCUT2D eigenvalue weighted by molar-refractivity contribution is 0.297. The highest BCUT2D eigenvalue weighted by Gasteiger charge is 2.11. The molecule has 0 saturated heterocycles. The fourth-order valence-electron chi connectivity index (χ4n) is 2.91. The van der Waals surface area contributed by atoms with Crippen molar-refractivity contribution in [2.75, 3.05) is 13.2 Å². The zero-order valence-electron chi connectivity index (χ0n) is 14.8. The summed E-state index contributed by atoms with van der Waals surface area (Å²) in [7, 11) is 0. The summed E-state index contributed by atoms with van der Waals surface area (Å²) in [5.74, 6) is 1.30. The molecule has 4 aromatic rings. The highest BCUT2D eigenvalue weighted by Crippen LogP contribution is 2.29. The molecule has 0 unspecified atom stereocenters. The molecule has 2 aromatic heterocycles. The van der Waals surface area contributed by atoms with Gasteiger partial charge in [-0.2, -0.15) is 0 Å². The fraction of sp³-hybridized carbons (Fsp3) is 0.143. The van der Waals surface area contributed by atoms with Crippen molar-refractivity contribution < 1.29 is 9.47 Å². The van der Waals surface area contributed by atoms with Crippen molar-refractivity contribution in [3.63, 3.8) is 0 Å². The van der Waals surface area contributed by atoms with Crippen LogP contribution in [-0.2, 0) is 0 Å². The number of imidazole rings is 1. The highest BCUT2D eigenvalue weighted by atomic mass is 32.1. The van der Waals surface area contributed by atoms with Gasteiger partial charge in [-0.05, 0) is 42.8 Å². The Morgan fingerprint density at radius 3 is 2.85 bits per heavy atom. The predicted octanol–water partition coefficient (Wildman–Crippen LogP) is 3.42. The molecule has 136 valence electrons. The number of para-hydroxylation sites is 2. The fourth-order valence-corrected chi connectivity index (χ4v) is 3.90. The van der Waals surface area contributed by atoms with Gasteiger partial charge in [0, 0.05) is 0 Å². The highest BCUT2D eigenvalue weighted by molar-refractivity contribution is 7.15. The van der Waals surface area contributed by atoms with Crippen LogP contribution in [0.25, 0.3) is 22.1 Å². The Hall–Kier alpha value is -3.12. The summed E-state index contributed by atoms with van der Waals surface area (Å²) in [6.07, 6.45) is 3.54. The third-order valence-electron chi connectivity index (χ3n) is 4.07. The van der Waals surface area contributed by atoms with E-state index in [0.717, 1.165) is 16.6 Å². The monoisotopic (exact) mass is 378 g/mol. The van der Waals surface area contributed by atoms with Gasteiger partial charge < -0.3 is 9.47 Å². The van der Waals surface area contributed by atoms with Crippen LogP contribution in [0.3, 0.4) is 0 Å². The largest absolute Gasteiger partial charge is 0.490 e. The molecule has 0 spiro atoms. The number of hydrogen-bond acceptors (Lipinski definition) is 5. The minimum absolute atomic E-state index is 0.0614. The van der Waals surface area contributed by atoms with Gasteiger partial charge >= 0.3 is 0 Å². The van der Waals surface area contributed by atoms with Gasteiger partial charge in [-0.25, -0.2) is 9.38 Å². The number of hydrogen-bond donors (Lipinski definition) is 0. The number of ether oxygens (including phenoxy) is 2. The Morgan fingerprint density at radius 1 is 1.19 bits per heavy atom. The van der Waals surface area contributed by atoms with Crippen LogP contribution >= 0.6 is 11.3 Å². The van der Waals surface area contributed by atoms with Crippen molar-refractivity contribution in [3.8, 4) is 11.5 Å². The van der Waals surface area contributed by atoms with E-state index in [4.69, 9.17) is 9.47 Å². The SMILES string of the molecule is C=CCOc1ccc(/C=c2\sc3nc4ccccc4n3c2=O)cc1OCC. The third-order valence-corrected chi connectivity index (χ3v) is 5.04. The van der Waals surface area contributed by atoms with Crippen molar-refractivity contribution in [1.82, 2.24) is 9.38 Å². The normalized spacial score (nSPS) is 12.0. The molecule has 0 aliphatic rings. The van der Waals surface area contributed by atoms with E-state index >= 15 is 0 Å². The maximum atomic E-state index is 12.9. The number of fused-ring (bicyclic) bond motifs is 3. The van der Waals surface area contributed by atoms with Crippen LogP contribution in [0, 0.1) is 0 Å². The summed E-state index contributed by atoms with van der Waals surface area (Å²) >= 11 is 1.38. The van der Waals surface area contributed by atoms with E-state index in [-0.39, 0.29) is 5.56 Å². The summed E-state index contributed by atoms with van der Waals surface area (Å²) in [4.78, 5) is 18.1. The zero-order valence-corrected chi connectivity index (χ0v) is 15.7. The Labute approximate surface area is 159 Å². The lowest BCUT2D eigenvalue weighted by Crippen LogP contribution is -2.22. The summed E-state index contributed by atoms with van der Waals surface area (Å²) < 4.78 is 13.6. The van der Waals surface area contributed by atoms with Crippen LogP contribution in [0.5, 0.6) is 11.5 Å². The summed E-state index contributed by atoms with van der Waals surface area (Å²) in [6, 6.07) is 13.3. The maximum absolute atomic E-state index is 12.9. The second-order valence-corrected chi connectivity index (χ2v) is 6.88. The van der Waals surface area contributed by atoms with Crippen molar-refractivity contribution in [2.24, 2.45) is 0 Å². The first-order valence-electron chi connectivity index (χ1n) is 8.63. The molecular weight excluding hydrogens is 360 g/mol. The number of rotatable bonds is 6. The van der Waals surface area contributed by atoms with Gasteiger partial charge in [-0.15, -0.1) is 0 Å². The molecule has 0 bridgehead atoms. The summed E-state index contributed by atoms with van der Waals surface area (Å²) in [5, 5.41) is 0. The van der Waals surface area contributed by atoms with Crippen molar-refractivity contribution in [2.45, 2.75) is 6.92 Å². The molecule has 0 radical (unpaired) electrons. The molecule has 0 saturated carbocycles. The second-order valence-electron chi connectivity index (χ2n) is 5.87. The van der Waals surface area contributed by atoms with Gasteiger partial charge in [-0.1, -0.05) is 42.2 Å². The number of thiazole rings is 1. The lowest BCUT2D eigenvalue weighted by atomic mass is 10.2. The number of benzene rings is 2. The van der Waals surface area contributed by atoms with E-state index in [1.54, 1.807) is 10.5 Å². The van der Waals surface area contributed by atoms with E-state index < -0.39 is 0 Å². The summed E-state index contributed by atoms with van der Waals surface area (Å²) in [5.41, 5.74) is 2.47. The molecule has 0 atom stereocenters. The van der Waals surface area contributed by atoms with Crippen molar-refractivity contribution in [3.05, 3.63) is 75.6 Å². The van der Waals surface area contributed by atoms with Crippen LogP contribution in [0.2, 0.25) is 0 Å². The molecule has 0 N–H and O–H groups in total. The minimum Gasteiger partial charge on any atom is -0.490 e. The van der Waals surface area contributed by atoms with Crippen molar-refractivity contribution in [1.29, 1.82) is 0 Å². The first-order valence-corrected chi connectivity index (χ1v) is 9.45. The molecule has 0 fully saturated rings. The topological polar surface area (TPSA) is 52.8 Å². The van der Waals surface area contributed by atoms with Gasteiger partial charge in [0.05, 0.1) is 22.2 Å². The van der Waals surface area contributed by atoms with Gasteiger partial charge in [0.15, 0.2) is 16.5 Å². The Morgan fingerprint density at radius 2 is 2.04 bits per heavy atom. The van der Waals surface area contributed by atoms with Gasteiger partial charge in [0.25, 0.3) is 5.56 Å². The van der Waals surface area contributed by atoms with Crippen LogP contribution in [-0.4, -0.2) is 22.6 Å². The molecule has 2 aromatic carbocycles. The Bertz CT molecular complexity index is 1240. The Balaban J connectivity index is 1.81. The van der Waals surface area contributed by atoms with E-state index in [0.29, 0.717) is 34.2 Å². The molecule has 5 nitrogen and oxygen atoms in total. The first-order chi connectivity index (χ1) is 13.2. The van der Waals surface area contributed by atoms with E-state index in [9.17, 15) is 4.79 Å². The molecule has 0 aliphatic heterocycles. The average Bonchev–Trinajstić information content (AvgIpc) is 3.18. The van der Waals surface area contributed by atoms with Crippen LogP contribution in [0.15, 0.2) is 59.9 Å². The Kier molecular flexibility index (Phi) is 4.64. The first kappa shape index (κ1) is 17.3. The maximum Gasteiger partial charge on any atom is 0.274 e. The van der Waals surface area contributed by atoms with E-state index in [1.807, 2.05) is 55.5 Å². The molecule has 27 heavy (non-hydrogen) atoms. The van der Waals surface area contributed by atoms with Gasteiger partial charge in [0.2, 0.25) is 0 Å². The molecule has 4 rings (SSSR count). The van der Waals surface area contributed by atoms with Crippen LogP contribution < -0.4 is 19.6 Å². The molecule has 0 amide bonds. The molecule has 0 aliphatic carbocycles. The minimum atomic E-state index is -0.0614. The van der Waals surface area contributed by atoms with Crippen LogP contribution in [0.1, 0.15) is 12.5 Å². The lowest BCUT2D eigenvalue weighted by Gasteiger charge is -2.11. The quantitative estimate of drug-likeness (QED) is 0.483. The molecule has 2 heterocycles. The standard InChI is InChI=1S/C21H18N2O3S/c1-3-11-26-17-10-9-14(12-18(17)25-4-2)13-19-20(24)23-16-8-6-5-7-15(16)22-21(23)27-19/h3,5-10,12-13H,1,4,11H2,2H3/b19-13-. The zero-order chi connectivity index (χ0) is 18.8. The predicted molar refractivity (Wildman–Crippen MR) is 109 cm³/mol. The smallest absolute Gasteiger partial charge is 0.274 e. The van der Waals surface area contributed by atoms with E-state index in [2.05, 4.69) is 11.6 Å². The number of aromatic nitrogens is 2. The average molecular weight is 378 g/mol. The van der Waals surface area contributed by atoms with Crippen molar-refractivity contribution >= 4 is 33.4 Å². The molecule has 6 heteroatoms. The van der Waals surface area contributed by atoms with E-state index in [1.165, 1.54) is 11.3 Å². The van der Waals surface area contributed by atoms with Gasteiger partial charge in [0.1, 0.15) is 6.61 Å². The number of nitrogens with zero attached hydrogens (tertiary/aromatic N) is 2. The van der Waals surface area contributed by atoms with Crippen LogP contribution in [0.4, 0.5) is 0 Å². The second kappa shape index (κ2) is 7.25. The third kappa shape index (κ3) is 3.19. The molecular formula is C21H18N2O3S.